The van der Waals surface area contributed by atoms with E-state index in [1.54, 1.807) is 73.7 Å². The number of nitrogens with zero attached hydrogens (tertiary/aromatic N) is 9. The largest absolute Gasteiger partial charge is 3.00 e. The first-order valence-corrected chi connectivity index (χ1v) is 16.3. The summed E-state index contributed by atoms with van der Waals surface area (Å²) in [7, 11) is -5.29. The minimum absolute atomic E-state index is 0. The van der Waals surface area contributed by atoms with Crippen LogP contribution >= 0.6 is 0 Å². The van der Waals surface area contributed by atoms with Gasteiger partial charge in [-0.05, 0) is 30.3 Å². The molecule has 0 aliphatic heterocycles. The van der Waals surface area contributed by atoms with Gasteiger partial charge >= 0.3 is 20.2 Å². The first kappa shape index (κ1) is 40.0. The van der Waals surface area contributed by atoms with E-state index in [9.17, 15) is 47.7 Å². The maximum Gasteiger partial charge on any atom is 3.00 e. The molecule has 0 spiro atoms. The molecule has 273 valence electrons. The van der Waals surface area contributed by atoms with Crippen molar-refractivity contribution in [3.8, 4) is 17.1 Å². The molecule has 1 radical (unpaired) electrons. The number of nitro groups is 1. The number of benzene rings is 4. The van der Waals surface area contributed by atoms with Crippen molar-refractivity contribution in [3.63, 3.8) is 0 Å². The van der Waals surface area contributed by atoms with Gasteiger partial charge in [0.15, 0.2) is 0 Å². The number of hydrogen-bond acceptors (Lipinski definition) is 14. The number of nitro benzene ring substituents is 1. The molecule has 0 unspecified atom stereocenters. The van der Waals surface area contributed by atoms with E-state index in [0.29, 0.717) is 29.2 Å². The zero-order valence-corrected chi connectivity index (χ0v) is 29.8. The van der Waals surface area contributed by atoms with E-state index >= 15 is 0 Å². The molecule has 21 heteroatoms. The Labute approximate surface area is 317 Å². The number of carbonyl (C=O) groups is 1. The third kappa shape index (κ3) is 8.80. The predicted molar refractivity (Wildman–Crippen MR) is 182 cm³/mol. The fourth-order valence-electron chi connectivity index (χ4n) is 4.59. The molecule has 0 N–H and O–H groups in total. The van der Waals surface area contributed by atoms with Crippen LogP contribution in [0.15, 0.2) is 132 Å². The van der Waals surface area contributed by atoms with Crippen molar-refractivity contribution in [1.82, 2.24) is 19.6 Å². The Morgan fingerprint density at radius 2 is 1.19 bits per heavy atom. The summed E-state index contributed by atoms with van der Waals surface area (Å²) in [4.78, 5) is 44.7. The van der Waals surface area contributed by atoms with Gasteiger partial charge in [0, 0.05) is 29.1 Å². The summed E-state index contributed by atoms with van der Waals surface area (Å²) in [6.07, 6.45) is 0. The number of aromatic carboxylic acids is 1. The number of non-ortho nitro benzene ring substituents is 1. The van der Waals surface area contributed by atoms with Gasteiger partial charge in [-0.2, -0.15) is 5.11 Å². The quantitative estimate of drug-likeness (QED) is 0.0880. The maximum atomic E-state index is 12.5. The average Bonchev–Trinajstić information content (AvgIpc) is 3.59. The van der Waals surface area contributed by atoms with Gasteiger partial charge in [-0.1, -0.05) is 74.2 Å². The molecule has 19 nitrogen and oxygen atoms in total. The number of rotatable bonds is 9. The molecule has 0 aliphatic carbocycles. The van der Waals surface area contributed by atoms with Crippen LogP contribution in [-0.2, 0) is 27.5 Å². The molecule has 0 saturated carbocycles. The molecule has 54 heavy (non-hydrogen) atoms. The number of carboxylic acids is 1. The van der Waals surface area contributed by atoms with E-state index in [4.69, 9.17) is 0 Å². The SMILES string of the molecule is Cc1[n-]n(-c2ccccc2)c(=O)c1N=Nc1cc([N+](=O)[O-])cc(S(=O)(=O)[O-])c1[O-].Cc1[n-]n(-c2ccccc2)c(=O)c1N=Nc1ccccc1C(=O)[O-].[Cr+3].[H+].[H+]. The average molecular weight is 791 g/mol. The molecule has 2 aromatic heterocycles. The van der Waals surface area contributed by atoms with Crippen molar-refractivity contribution in [3.05, 3.63) is 145 Å². The van der Waals surface area contributed by atoms with Crippen molar-refractivity contribution in [1.29, 1.82) is 0 Å². The van der Waals surface area contributed by atoms with Crippen LogP contribution in [-0.4, -0.2) is 33.2 Å². The third-order valence-corrected chi connectivity index (χ3v) is 7.96. The van der Waals surface area contributed by atoms with Crippen LogP contribution in [0.25, 0.3) is 11.4 Å². The molecule has 2 heterocycles. The Balaban J connectivity index is 0.000000373. The first-order chi connectivity index (χ1) is 25.2. The Hall–Kier alpha value is -6.79. The zero-order chi connectivity index (χ0) is 38.4. The van der Waals surface area contributed by atoms with E-state index in [0.717, 1.165) is 4.68 Å². The van der Waals surface area contributed by atoms with Gasteiger partial charge in [0.05, 0.1) is 27.2 Å². The second-order valence-corrected chi connectivity index (χ2v) is 12.0. The molecule has 0 fully saturated rings. The fraction of sp³-hybridized carbons (Fsp3) is 0.0606. The van der Waals surface area contributed by atoms with E-state index in [1.165, 1.54) is 23.7 Å². The standard InChI is InChI=1S/C17H14N4O3.C16H13N5O7S.Cr/c1-11-15(16(22)21(20-11)12-7-3-2-4-8-12)19-18-14-10-6-5-9-13(14)17(23)24;1-9-14(16(23)20(19-9)10-5-3-2-4-6-10)18-17-12-7-11(21(24)25)8-13(15(12)22)29(26,27)28;/h2-10H,1H3,(H2,18,20,22,23,24);2-8H,1H3,(H3,17,18,19,22,23,26,27,28);/q;;+3/p-3. The van der Waals surface area contributed by atoms with Crippen molar-refractivity contribution in [2.24, 2.45) is 20.5 Å². The van der Waals surface area contributed by atoms with Gasteiger partial charge in [-0.15, -0.1) is 26.7 Å². The first-order valence-electron chi connectivity index (χ1n) is 14.9. The summed E-state index contributed by atoms with van der Waals surface area (Å²) in [5, 5.41) is 57.3. The minimum Gasteiger partial charge on any atom is -0.870 e. The van der Waals surface area contributed by atoms with Gasteiger partial charge < -0.3 is 39.1 Å². The molecular weight excluding hydrogens is 766 g/mol. The van der Waals surface area contributed by atoms with Crippen LogP contribution in [0.5, 0.6) is 5.75 Å². The van der Waals surface area contributed by atoms with Gasteiger partial charge in [0.1, 0.15) is 21.5 Å². The predicted octanol–water partition coefficient (Wildman–Crippen LogP) is 3.51. The molecule has 0 saturated heterocycles. The Morgan fingerprint density at radius 1 is 0.741 bits per heavy atom. The van der Waals surface area contributed by atoms with Crippen LogP contribution in [0, 0.1) is 24.0 Å². The molecule has 0 atom stereocenters. The number of aryl methyl sites for hydroxylation is 2. The normalized spacial score (nSPS) is 11.2. The van der Waals surface area contributed by atoms with Crippen LogP contribution in [0.4, 0.5) is 28.4 Å². The van der Waals surface area contributed by atoms with Gasteiger partial charge in [0.2, 0.25) is 0 Å². The van der Waals surface area contributed by atoms with Crippen LogP contribution < -0.4 is 31.5 Å². The Kier molecular flexibility index (Phi) is 12.4. The summed E-state index contributed by atoms with van der Waals surface area (Å²) < 4.78 is 35.9. The van der Waals surface area contributed by atoms with Crippen LogP contribution in [0.1, 0.15) is 24.6 Å². The number of para-hydroxylation sites is 2. The molecule has 6 rings (SSSR count). The number of aromatic nitrogens is 4. The molecule has 0 amide bonds. The second kappa shape index (κ2) is 16.7. The van der Waals surface area contributed by atoms with Gasteiger partial charge in [-0.3, -0.25) is 19.7 Å². The van der Waals surface area contributed by atoms with Crippen molar-refractivity contribution < 1.29 is 53.1 Å². The van der Waals surface area contributed by atoms with Crippen molar-refractivity contribution in [2.75, 3.05) is 0 Å². The van der Waals surface area contributed by atoms with Crippen LogP contribution in [0.3, 0.4) is 0 Å². The minimum atomic E-state index is -5.29. The number of carboxylic acid groups (broad SMARTS) is 1. The van der Waals surface area contributed by atoms with Crippen molar-refractivity contribution in [2.45, 2.75) is 18.7 Å². The van der Waals surface area contributed by atoms with Crippen molar-refractivity contribution >= 4 is 44.5 Å². The van der Waals surface area contributed by atoms with Crippen LogP contribution in [0.2, 0.25) is 0 Å². The monoisotopic (exact) mass is 790 g/mol. The summed E-state index contributed by atoms with van der Waals surface area (Å²) in [5.41, 5.74) is -1.28. The Morgan fingerprint density at radius 3 is 1.63 bits per heavy atom. The Bertz CT molecular complexity index is 2650. The second-order valence-electron chi connectivity index (χ2n) is 10.7. The topological polar surface area (TPSA) is 285 Å². The van der Waals surface area contributed by atoms with E-state index in [1.807, 2.05) is 6.07 Å². The van der Waals surface area contributed by atoms with E-state index in [-0.39, 0.29) is 48.5 Å². The van der Waals surface area contributed by atoms with Gasteiger partial charge in [-0.25, -0.2) is 8.42 Å². The smallest absolute Gasteiger partial charge is 0.870 e. The maximum absolute atomic E-state index is 12.5. The number of azo groups is 2. The molecule has 4 aromatic carbocycles. The molecular formula is C33H24CrN9O10S. The summed E-state index contributed by atoms with van der Waals surface area (Å²) in [5.74, 6) is -2.72. The van der Waals surface area contributed by atoms with E-state index < -0.39 is 54.1 Å². The number of carbonyl (C=O) groups excluding carboxylic acids is 1. The zero-order valence-electron chi connectivity index (χ0n) is 29.7. The molecule has 0 bridgehead atoms. The fourth-order valence-corrected chi connectivity index (χ4v) is 5.19. The van der Waals surface area contributed by atoms with E-state index in [2.05, 4.69) is 30.7 Å². The summed E-state index contributed by atoms with van der Waals surface area (Å²) >= 11 is 0. The summed E-state index contributed by atoms with van der Waals surface area (Å²) in [6, 6.07) is 24.3. The number of hydrogen-bond donors (Lipinski definition) is 0. The molecule has 0 aliphatic rings. The third-order valence-electron chi connectivity index (χ3n) is 7.12. The summed E-state index contributed by atoms with van der Waals surface area (Å²) in [6.45, 7) is 3.09. The van der Waals surface area contributed by atoms with Gasteiger partial charge in [0.25, 0.3) is 16.8 Å². The molecule has 6 aromatic rings.